The van der Waals surface area contributed by atoms with Gasteiger partial charge in [-0.2, -0.15) is 0 Å². The first-order valence-corrected chi connectivity index (χ1v) is 10.7. The van der Waals surface area contributed by atoms with E-state index in [0.717, 1.165) is 21.8 Å². The molecule has 30 heavy (non-hydrogen) atoms. The highest BCUT2D eigenvalue weighted by Crippen LogP contribution is 2.42. The quantitative estimate of drug-likeness (QED) is 0.646. The average molecular weight is 420 g/mol. The maximum Gasteiger partial charge on any atom is 0.274 e. The Hall–Kier alpha value is -3.19. The molecule has 3 aromatic rings. The topological polar surface area (TPSA) is 62.7 Å². The molecule has 2 aliphatic rings. The van der Waals surface area contributed by atoms with Crippen LogP contribution in [-0.4, -0.2) is 47.4 Å². The van der Waals surface area contributed by atoms with E-state index in [1.807, 2.05) is 60.4 Å². The fourth-order valence-corrected chi connectivity index (χ4v) is 5.00. The molecule has 5 rings (SSSR count). The zero-order chi connectivity index (χ0) is 20.8. The van der Waals surface area contributed by atoms with Crippen LogP contribution in [0.5, 0.6) is 5.75 Å². The second kappa shape index (κ2) is 7.25. The molecule has 0 spiro atoms. The predicted octanol–water partition coefficient (Wildman–Crippen LogP) is 3.76. The number of amides is 2. The fraction of sp³-hybridized carbons (Fsp3) is 0.261. The predicted molar refractivity (Wildman–Crippen MR) is 116 cm³/mol. The van der Waals surface area contributed by atoms with Crippen LogP contribution < -0.4 is 9.64 Å². The number of thiazole rings is 1. The molecule has 1 aromatic heterocycles. The Morgan fingerprint density at radius 1 is 1.17 bits per heavy atom. The summed E-state index contributed by atoms with van der Waals surface area (Å²) in [5.41, 5.74) is 3.28. The maximum atomic E-state index is 13.3. The van der Waals surface area contributed by atoms with E-state index in [2.05, 4.69) is 4.98 Å². The Morgan fingerprint density at radius 3 is 2.63 bits per heavy atom. The van der Waals surface area contributed by atoms with E-state index in [1.165, 1.54) is 11.3 Å². The summed E-state index contributed by atoms with van der Waals surface area (Å²) in [5.74, 6) is 0.434. The third kappa shape index (κ3) is 2.97. The van der Waals surface area contributed by atoms with Gasteiger partial charge in [0.05, 0.1) is 23.8 Å². The van der Waals surface area contributed by atoms with Gasteiger partial charge in [0.2, 0.25) is 5.91 Å². The summed E-state index contributed by atoms with van der Waals surface area (Å²) in [6, 6.07) is 15.4. The minimum absolute atomic E-state index is 0.0601. The van der Waals surface area contributed by atoms with Crippen molar-refractivity contribution in [3.8, 4) is 16.9 Å². The van der Waals surface area contributed by atoms with E-state index < -0.39 is 6.04 Å². The molecule has 2 saturated heterocycles. The summed E-state index contributed by atoms with van der Waals surface area (Å²) in [5, 5.41) is 2.61. The lowest BCUT2D eigenvalue weighted by molar-refractivity contribution is -0.121. The van der Waals surface area contributed by atoms with Gasteiger partial charge < -0.3 is 14.5 Å². The molecule has 2 aromatic carbocycles. The number of rotatable bonds is 4. The van der Waals surface area contributed by atoms with Gasteiger partial charge in [-0.15, -0.1) is 11.3 Å². The number of likely N-dealkylation sites (tertiary alicyclic amines) is 1. The van der Waals surface area contributed by atoms with Crippen molar-refractivity contribution in [2.24, 2.45) is 0 Å². The van der Waals surface area contributed by atoms with Crippen LogP contribution in [0, 0.1) is 6.92 Å². The molecule has 2 bridgehead atoms. The van der Waals surface area contributed by atoms with Crippen LogP contribution >= 0.6 is 11.3 Å². The molecule has 2 fully saturated rings. The summed E-state index contributed by atoms with van der Waals surface area (Å²) in [7, 11) is 1.61. The maximum absolute atomic E-state index is 13.3. The Morgan fingerprint density at radius 2 is 1.97 bits per heavy atom. The van der Waals surface area contributed by atoms with Crippen molar-refractivity contribution in [3.63, 3.8) is 0 Å². The molecule has 0 unspecified atom stereocenters. The van der Waals surface area contributed by atoms with Crippen molar-refractivity contribution in [1.82, 2.24) is 9.88 Å². The van der Waals surface area contributed by atoms with Crippen molar-refractivity contribution in [1.29, 1.82) is 0 Å². The van der Waals surface area contributed by atoms with E-state index in [1.54, 1.807) is 17.4 Å². The van der Waals surface area contributed by atoms with E-state index in [4.69, 9.17) is 4.74 Å². The second-order valence-electron chi connectivity index (χ2n) is 7.58. The number of methoxy groups -OCH3 is 1. The summed E-state index contributed by atoms with van der Waals surface area (Å²) in [6.07, 6.45) is 0.631. The minimum Gasteiger partial charge on any atom is -0.495 e. The van der Waals surface area contributed by atoms with Crippen molar-refractivity contribution in [3.05, 3.63) is 64.6 Å². The Bertz CT molecular complexity index is 1130. The summed E-state index contributed by atoms with van der Waals surface area (Å²) < 4.78 is 5.57. The van der Waals surface area contributed by atoms with E-state index in [9.17, 15) is 9.59 Å². The van der Waals surface area contributed by atoms with Gasteiger partial charge in [-0.1, -0.05) is 36.4 Å². The second-order valence-corrected chi connectivity index (χ2v) is 8.64. The SMILES string of the molecule is COc1ccc(-c2ccccc2)cc1N1C(=O)[C@@H]2C[C@H]1CN2C(=O)c1csc(C)n1. The van der Waals surface area contributed by atoms with Gasteiger partial charge in [0.15, 0.2) is 0 Å². The molecule has 0 aliphatic carbocycles. The molecule has 0 saturated carbocycles. The highest BCUT2D eigenvalue weighted by molar-refractivity contribution is 7.09. The Balaban J connectivity index is 1.46. The van der Waals surface area contributed by atoms with Crippen LogP contribution in [-0.2, 0) is 4.79 Å². The average Bonchev–Trinajstić information content (AvgIpc) is 3.48. The standard InChI is InChI=1S/C23H21N3O3S/c1-14-24-18(13-30-14)22(27)25-12-17-11-20(25)23(28)26(17)19-10-16(8-9-21(19)29-2)15-6-4-3-5-7-15/h3-10,13,17,20H,11-12H2,1-2H3/t17-,20-/m0/s1. The molecule has 2 aliphatic heterocycles. The monoisotopic (exact) mass is 419 g/mol. The summed E-state index contributed by atoms with van der Waals surface area (Å²) in [4.78, 5) is 33.9. The number of hydrogen-bond donors (Lipinski definition) is 0. The number of hydrogen-bond acceptors (Lipinski definition) is 5. The number of nitrogens with zero attached hydrogens (tertiary/aromatic N) is 3. The van der Waals surface area contributed by atoms with Crippen LogP contribution in [0.2, 0.25) is 0 Å². The number of aryl methyl sites for hydroxylation is 1. The van der Waals surface area contributed by atoms with Crippen LogP contribution in [0.15, 0.2) is 53.9 Å². The molecular formula is C23H21N3O3S. The molecule has 0 N–H and O–H groups in total. The zero-order valence-corrected chi connectivity index (χ0v) is 17.6. The van der Waals surface area contributed by atoms with Gasteiger partial charge in [-0.3, -0.25) is 9.59 Å². The number of carbonyl (C=O) groups excluding carboxylic acids is 2. The highest BCUT2D eigenvalue weighted by Gasteiger charge is 2.52. The number of benzene rings is 2. The Kier molecular flexibility index (Phi) is 4.55. The summed E-state index contributed by atoms with van der Waals surface area (Å²) >= 11 is 1.44. The Labute approximate surface area is 178 Å². The first-order chi connectivity index (χ1) is 14.6. The lowest BCUT2D eigenvalue weighted by Gasteiger charge is -2.34. The molecule has 0 radical (unpaired) electrons. The van der Waals surface area contributed by atoms with Gasteiger partial charge in [0.1, 0.15) is 17.5 Å². The van der Waals surface area contributed by atoms with E-state index in [-0.39, 0.29) is 17.9 Å². The third-order valence-electron chi connectivity index (χ3n) is 5.81. The minimum atomic E-state index is -0.449. The van der Waals surface area contributed by atoms with Crippen molar-refractivity contribution in [2.75, 3.05) is 18.6 Å². The number of anilines is 1. The smallest absolute Gasteiger partial charge is 0.274 e. The van der Waals surface area contributed by atoms with E-state index >= 15 is 0 Å². The van der Waals surface area contributed by atoms with Gasteiger partial charge in [-0.25, -0.2) is 4.98 Å². The first kappa shape index (κ1) is 18.8. The number of ether oxygens (including phenoxy) is 1. The van der Waals surface area contributed by atoms with Gasteiger partial charge in [-0.05, 0) is 36.6 Å². The molecule has 2 amide bonds. The molecular weight excluding hydrogens is 398 g/mol. The number of carbonyl (C=O) groups is 2. The lowest BCUT2D eigenvalue weighted by atomic mass is 10.0. The van der Waals surface area contributed by atoms with Gasteiger partial charge in [0, 0.05) is 11.9 Å². The highest BCUT2D eigenvalue weighted by atomic mass is 32.1. The molecule has 2 atom stereocenters. The van der Waals surface area contributed by atoms with Crippen LogP contribution in [0.3, 0.4) is 0 Å². The molecule has 6 nitrogen and oxygen atoms in total. The van der Waals surface area contributed by atoms with Crippen LogP contribution in [0.4, 0.5) is 5.69 Å². The third-order valence-corrected chi connectivity index (χ3v) is 6.58. The molecule has 7 heteroatoms. The van der Waals surface area contributed by atoms with Crippen molar-refractivity contribution < 1.29 is 14.3 Å². The largest absolute Gasteiger partial charge is 0.495 e. The number of fused-ring (bicyclic) bond motifs is 2. The normalized spacial score (nSPS) is 20.1. The zero-order valence-electron chi connectivity index (χ0n) is 16.7. The fourth-order valence-electron chi connectivity index (χ4n) is 4.41. The van der Waals surface area contributed by atoms with Crippen molar-refractivity contribution in [2.45, 2.75) is 25.4 Å². The van der Waals surface area contributed by atoms with Crippen LogP contribution in [0.25, 0.3) is 11.1 Å². The van der Waals surface area contributed by atoms with Gasteiger partial charge in [0.25, 0.3) is 5.91 Å². The van der Waals surface area contributed by atoms with E-state index in [0.29, 0.717) is 24.4 Å². The van der Waals surface area contributed by atoms with Crippen LogP contribution in [0.1, 0.15) is 21.9 Å². The van der Waals surface area contributed by atoms with Gasteiger partial charge >= 0.3 is 0 Å². The lowest BCUT2D eigenvalue weighted by Crippen LogP contribution is -2.52. The first-order valence-electron chi connectivity index (χ1n) is 9.86. The number of piperazine rings is 1. The number of aromatic nitrogens is 1. The molecule has 3 heterocycles. The molecule has 152 valence electrons. The van der Waals surface area contributed by atoms with Crippen molar-refractivity contribution >= 4 is 28.8 Å². The summed E-state index contributed by atoms with van der Waals surface area (Å²) in [6.45, 7) is 2.38.